The van der Waals surface area contributed by atoms with E-state index in [0.717, 1.165) is 24.2 Å². The molecule has 1 aromatic carbocycles. The van der Waals surface area contributed by atoms with Gasteiger partial charge in [-0.2, -0.15) is 5.26 Å². The van der Waals surface area contributed by atoms with Gasteiger partial charge in [0.25, 0.3) is 0 Å². The standard InChI is InChI=1S/C12H15NO/c1-3-5-11-8-10(9-13)6-7-12(11)14-4-2/h6-8H,3-5H2,1-2H3. The Bertz CT molecular complexity index is 339. The average Bonchev–Trinajstić information content (AvgIpc) is 2.21. The van der Waals surface area contributed by atoms with Crippen molar-refractivity contribution in [1.82, 2.24) is 0 Å². The summed E-state index contributed by atoms with van der Waals surface area (Å²) < 4.78 is 5.48. The third-order valence-electron chi connectivity index (χ3n) is 2.01. The Balaban J connectivity index is 2.98. The number of hydrogen-bond donors (Lipinski definition) is 0. The van der Waals surface area contributed by atoms with Gasteiger partial charge in [0.15, 0.2) is 0 Å². The molecular formula is C12H15NO. The van der Waals surface area contributed by atoms with Crippen LogP contribution in [0.3, 0.4) is 0 Å². The van der Waals surface area contributed by atoms with Gasteiger partial charge in [-0.25, -0.2) is 0 Å². The minimum Gasteiger partial charge on any atom is -0.494 e. The summed E-state index contributed by atoms with van der Waals surface area (Å²) in [6.07, 6.45) is 2.03. The minimum absolute atomic E-state index is 0.669. The number of benzene rings is 1. The lowest BCUT2D eigenvalue weighted by atomic mass is 10.1. The summed E-state index contributed by atoms with van der Waals surface area (Å²) in [7, 11) is 0. The van der Waals surface area contributed by atoms with Crippen LogP contribution in [0.25, 0.3) is 0 Å². The zero-order valence-corrected chi connectivity index (χ0v) is 8.71. The molecule has 0 radical (unpaired) electrons. The Morgan fingerprint density at radius 3 is 2.71 bits per heavy atom. The SMILES string of the molecule is CCCc1cc(C#N)ccc1OCC. The van der Waals surface area contributed by atoms with Crippen LogP contribution in [0.2, 0.25) is 0 Å². The summed E-state index contributed by atoms with van der Waals surface area (Å²) in [5.74, 6) is 0.911. The van der Waals surface area contributed by atoms with E-state index in [2.05, 4.69) is 13.0 Å². The molecule has 0 aromatic heterocycles. The van der Waals surface area contributed by atoms with E-state index in [1.165, 1.54) is 0 Å². The molecule has 0 aliphatic rings. The predicted octanol–water partition coefficient (Wildman–Crippen LogP) is 2.91. The maximum Gasteiger partial charge on any atom is 0.122 e. The second-order valence-corrected chi connectivity index (χ2v) is 3.12. The van der Waals surface area contributed by atoms with Gasteiger partial charge >= 0.3 is 0 Å². The first kappa shape index (κ1) is 10.6. The van der Waals surface area contributed by atoms with Gasteiger partial charge in [0.1, 0.15) is 5.75 Å². The molecule has 0 saturated carbocycles. The summed E-state index contributed by atoms with van der Waals surface area (Å²) in [4.78, 5) is 0. The molecule has 0 fully saturated rings. The fourth-order valence-electron chi connectivity index (χ4n) is 1.41. The van der Waals surface area contributed by atoms with Crippen LogP contribution in [0, 0.1) is 11.3 Å². The Morgan fingerprint density at radius 1 is 1.36 bits per heavy atom. The molecule has 1 rings (SSSR count). The Morgan fingerprint density at radius 2 is 2.14 bits per heavy atom. The minimum atomic E-state index is 0.669. The maximum absolute atomic E-state index is 8.76. The van der Waals surface area contributed by atoms with Crippen molar-refractivity contribution in [2.24, 2.45) is 0 Å². The average molecular weight is 189 g/mol. The van der Waals surface area contributed by atoms with Gasteiger partial charge in [-0.1, -0.05) is 13.3 Å². The van der Waals surface area contributed by atoms with E-state index >= 15 is 0 Å². The van der Waals surface area contributed by atoms with Crippen LogP contribution in [0.4, 0.5) is 0 Å². The highest BCUT2D eigenvalue weighted by Gasteiger charge is 2.03. The summed E-state index contributed by atoms with van der Waals surface area (Å²) in [6, 6.07) is 7.73. The van der Waals surface area contributed by atoms with Crippen LogP contribution in [-0.4, -0.2) is 6.61 Å². The van der Waals surface area contributed by atoms with Gasteiger partial charge in [-0.15, -0.1) is 0 Å². The summed E-state index contributed by atoms with van der Waals surface area (Å²) in [5, 5.41) is 8.76. The molecule has 0 amide bonds. The lowest BCUT2D eigenvalue weighted by Gasteiger charge is -2.09. The quantitative estimate of drug-likeness (QED) is 0.729. The summed E-state index contributed by atoms with van der Waals surface area (Å²) in [5.41, 5.74) is 1.84. The van der Waals surface area contributed by atoms with Crippen molar-refractivity contribution in [2.75, 3.05) is 6.61 Å². The molecule has 0 saturated heterocycles. The fraction of sp³-hybridized carbons (Fsp3) is 0.417. The molecule has 0 unspecified atom stereocenters. The molecule has 0 aliphatic carbocycles. The van der Waals surface area contributed by atoms with Crippen LogP contribution in [0.5, 0.6) is 5.75 Å². The number of ether oxygens (including phenoxy) is 1. The van der Waals surface area contributed by atoms with Crippen molar-refractivity contribution >= 4 is 0 Å². The second-order valence-electron chi connectivity index (χ2n) is 3.12. The molecule has 0 aliphatic heterocycles. The van der Waals surface area contributed by atoms with Gasteiger partial charge in [0.05, 0.1) is 18.2 Å². The molecule has 2 nitrogen and oxygen atoms in total. The third kappa shape index (κ3) is 2.50. The number of nitriles is 1. The zero-order valence-electron chi connectivity index (χ0n) is 8.71. The van der Waals surface area contributed by atoms with Crippen LogP contribution < -0.4 is 4.74 Å². The largest absolute Gasteiger partial charge is 0.494 e. The Hall–Kier alpha value is -1.49. The molecular weight excluding hydrogens is 174 g/mol. The van der Waals surface area contributed by atoms with E-state index in [0.29, 0.717) is 12.2 Å². The molecule has 14 heavy (non-hydrogen) atoms. The van der Waals surface area contributed by atoms with Gasteiger partial charge < -0.3 is 4.74 Å². The van der Waals surface area contributed by atoms with Crippen molar-refractivity contribution < 1.29 is 4.74 Å². The number of rotatable bonds is 4. The Labute approximate surface area is 85.1 Å². The zero-order chi connectivity index (χ0) is 10.4. The number of aryl methyl sites for hydroxylation is 1. The van der Waals surface area contributed by atoms with Gasteiger partial charge in [0.2, 0.25) is 0 Å². The number of hydrogen-bond acceptors (Lipinski definition) is 2. The first-order chi connectivity index (χ1) is 6.81. The van der Waals surface area contributed by atoms with E-state index in [1.807, 2.05) is 19.1 Å². The van der Waals surface area contributed by atoms with Crippen LogP contribution >= 0.6 is 0 Å². The highest BCUT2D eigenvalue weighted by Crippen LogP contribution is 2.21. The highest BCUT2D eigenvalue weighted by atomic mass is 16.5. The van der Waals surface area contributed by atoms with Crippen molar-refractivity contribution in [1.29, 1.82) is 5.26 Å². The third-order valence-corrected chi connectivity index (χ3v) is 2.01. The first-order valence-electron chi connectivity index (χ1n) is 4.97. The molecule has 0 spiro atoms. The smallest absolute Gasteiger partial charge is 0.122 e. The highest BCUT2D eigenvalue weighted by molar-refractivity contribution is 5.42. The first-order valence-corrected chi connectivity index (χ1v) is 4.97. The monoisotopic (exact) mass is 189 g/mol. The lowest BCUT2D eigenvalue weighted by molar-refractivity contribution is 0.336. The molecule has 0 heterocycles. The topological polar surface area (TPSA) is 33.0 Å². The van der Waals surface area contributed by atoms with E-state index in [4.69, 9.17) is 10.00 Å². The fourth-order valence-corrected chi connectivity index (χ4v) is 1.41. The molecule has 0 bridgehead atoms. The molecule has 1 aromatic rings. The van der Waals surface area contributed by atoms with E-state index < -0.39 is 0 Å². The van der Waals surface area contributed by atoms with Crippen LogP contribution in [-0.2, 0) is 6.42 Å². The van der Waals surface area contributed by atoms with Gasteiger partial charge in [-0.3, -0.25) is 0 Å². The van der Waals surface area contributed by atoms with Crippen molar-refractivity contribution in [3.63, 3.8) is 0 Å². The van der Waals surface area contributed by atoms with Crippen LogP contribution in [0.1, 0.15) is 31.4 Å². The molecule has 74 valence electrons. The molecule has 2 heteroatoms. The maximum atomic E-state index is 8.76. The van der Waals surface area contributed by atoms with Gasteiger partial charge in [-0.05, 0) is 37.1 Å². The van der Waals surface area contributed by atoms with Gasteiger partial charge in [0, 0.05) is 0 Å². The van der Waals surface area contributed by atoms with Crippen molar-refractivity contribution in [3.8, 4) is 11.8 Å². The molecule has 0 N–H and O–H groups in total. The molecule has 0 atom stereocenters. The second kappa shape index (κ2) is 5.29. The normalized spacial score (nSPS) is 9.50. The summed E-state index contributed by atoms with van der Waals surface area (Å²) >= 11 is 0. The predicted molar refractivity (Wildman–Crippen MR) is 56.3 cm³/mol. The Kier molecular flexibility index (Phi) is 4.00. The van der Waals surface area contributed by atoms with E-state index in [9.17, 15) is 0 Å². The van der Waals surface area contributed by atoms with Crippen molar-refractivity contribution in [2.45, 2.75) is 26.7 Å². The lowest BCUT2D eigenvalue weighted by Crippen LogP contribution is -1.97. The van der Waals surface area contributed by atoms with E-state index in [-0.39, 0.29) is 0 Å². The van der Waals surface area contributed by atoms with Crippen molar-refractivity contribution in [3.05, 3.63) is 29.3 Å². The van der Waals surface area contributed by atoms with E-state index in [1.54, 1.807) is 6.07 Å². The van der Waals surface area contributed by atoms with Crippen LogP contribution in [0.15, 0.2) is 18.2 Å². The summed E-state index contributed by atoms with van der Waals surface area (Å²) in [6.45, 7) is 4.76. The number of nitrogens with zero attached hydrogens (tertiary/aromatic N) is 1.